The number of benzene rings is 2. The van der Waals surface area contributed by atoms with Crippen LogP contribution in [-0.4, -0.2) is 32.6 Å². The topological polar surface area (TPSA) is 68.1 Å². The van der Waals surface area contributed by atoms with E-state index < -0.39 is 0 Å². The first-order chi connectivity index (χ1) is 13.5. The van der Waals surface area contributed by atoms with Crippen molar-refractivity contribution >= 4 is 38.2 Å². The van der Waals surface area contributed by atoms with Gasteiger partial charge in [-0.3, -0.25) is 9.59 Å². The molecule has 4 aromatic rings. The van der Waals surface area contributed by atoms with E-state index in [-0.39, 0.29) is 23.9 Å². The van der Waals surface area contributed by atoms with Gasteiger partial charge < -0.3 is 4.90 Å². The largest absolute Gasteiger partial charge is 0.336 e. The molecular weight excluding hydrogens is 372 g/mol. The molecule has 0 fully saturated rings. The summed E-state index contributed by atoms with van der Waals surface area (Å²) in [5, 5.41) is 6.53. The second-order valence-electron chi connectivity index (χ2n) is 6.80. The number of hydrogen-bond acceptors (Lipinski definition) is 5. The summed E-state index contributed by atoms with van der Waals surface area (Å²) in [6.45, 7) is 1.97. The van der Waals surface area contributed by atoms with Crippen molar-refractivity contribution < 1.29 is 4.79 Å². The van der Waals surface area contributed by atoms with E-state index in [1.165, 1.54) is 4.68 Å². The second-order valence-corrected chi connectivity index (χ2v) is 7.86. The summed E-state index contributed by atoms with van der Waals surface area (Å²) < 4.78 is 2.40. The summed E-state index contributed by atoms with van der Waals surface area (Å²) >= 11 is 1.60. The summed E-state index contributed by atoms with van der Waals surface area (Å²) in [5.74, 6) is -0.0666. The molecule has 7 heteroatoms. The third kappa shape index (κ3) is 3.18. The number of nitrogens with zero attached hydrogens (tertiary/aromatic N) is 4. The number of amides is 1. The molecule has 0 aliphatic rings. The molecule has 6 nitrogen and oxygen atoms in total. The fourth-order valence-corrected chi connectivity index (χ4v) is 4.29. The zero-order valence-electron chi connectivity index (χ0n) is 15.9. The molecular formula is C21H20N4O2S. The number of carbonyl (C=O) groups is 1. The Bertz CT molecular complexity index is 1210. The molecule has 0 radical (unpaired) electrons. The van der Waals surface area contributed by atoms with Gasteiger partial charge in [0, 0.05) is 19.5 Å². The highest BCUT2D eigenvalue weighted by Crippen LogP contribution is 2.29. The van der Waals surface area contributed by atoms with E-state index in [1.807, 2.05) is 49.4 Å². The van der Waals surface area contributed by atoms with Crippen LogP contribution in [0.2, 0.25) is 0 Å². The third-order valence-corrected chi connectivity index (χ3v) is 6.20. The Balaban J connectivity index is 1.62. The fourth-order valence-electron chi connectivity index (χ4n) is 3.22. The molecule has 0 aliphatic carbocycles. The molecule has 0 spiro atoms. The maximum atomic E-state index is 13.0. The number of hydrogen-bond donors (Lipinski definition) is 0. The molecule has 0 saturated heterocycles. The number of aryl methyl sites for hydroxylation is 1. The molecule has 0 unspecified atom stereocenters. The van der Waals surface area contributed by atoms with E-state index in [0.29, 0.717) is 11.1 Å². The Morgan fingerprint density at radius 2 is 1.82 bits per heavy atom. The lowest BCUT2D eigenvalue weighted by Crippen LogP contribution is -2.32. The number of rotatable bonds is 4. The lowest BCUT2D eigenvalue weighted by atomic mass is 10.1. The molecule has 1 atom stereocenters. The van der Waals surface area contributed by atoms with Crippen LogP contribution in [0.4, 0.5) is 0 Å². The summed E-state index contributed by atoms with van der Waals surface area (Å²) in [6.07, 6.45) is 0.125. The SMILES string of the molecule is C[C@@H](c1nc2ccccc2s1)N(C)C(=O)Cc1nn(C)c(=O)c2ccccc12. The zero-order chi connectivity index (χ0) is 19.8. The molecule has 2 aromatic carbocycles. The number of para-hydroxylation sites is 1. The van der Waals surface area contributed by atoms with Gasteiger partial charge in [0.15, 0.2) is 0 Å². The predicted molar refractivity (Wildman–Crippen MR) is 111 cm³/mol. The van der Waals surface area contributed by atoms with Crippen LogP contribution in [0, 0.1) is 0 Å². The van der Waals surface area contributed by atoms with Gasteiger partial charge in [0.05, 0.1) is 33.8 Å². The van der Waals surface area contributed by atoms with Crippen molar-refractivity contribution in [3.05, 3.63) is 69.6 Å². The molecule has 0 bridgehead atoms. The minimum absolute atomic E-state index is 0.0666. The smallest absolute Gasteiger partial charge is 0.274 e. The third-order valence-electron chi connectivity index (χ3n) is 4.99. The molecule has 0 N–H and O–H groups in total. The van der Waals surface area contributed by atoms with Crippen molar-refractivity contribution in [2.24, 2.45) is 7.05 Å². The quantitative estimate of drug-likeness (QED) is 0.534. The number of fused-ring (bicyclic) bond motifs is 2. The first-order valence-electron chi connectivity index (χ1n) is 9.01. The van der Waals surface area contributed by atoms with Gasteiger partial charge >= 0.3 is 0 Å². The summed E-state index contributed by atoms with van der Waals surface area (Å²) in [7, 11) is 3.39. The van der Waals surface area contributed by atoms with Crippen LogP contribution in [0.5, 0.6) is 0 Å². The standard InChI is InChI=1S/C21H20N4O2S/c1-13(20-22-16-10-6-7-11-18(16)28-20)24(2)19(26)12-17-14-8-4-5-9-15(14)21(27)25(3)23-17/h4-11,13H,12H2,1-3H3/t13-/m0/s1. The average molecular weight is 392 g/mol. The minimum atomic E-state index is -0.164. The lowest BCUT2D eigenvalue weighted by molar-refractivity contribution is -0.131. The van der Waals surface area contributed by atoms with Gasteiger partial charge in [-0.25, -0.2) is 9.67 Å². The zero-order valence-corrected chi connectivity index (χ0v) is 16.7. The van der Waals surface area contributed by atoms with Crippen LogP contribution >= 0.6 is 11.3 Å². The van der Waals surface area contributed by atoms with E-state index in [1.54, 1.807) is 36.4 Å². The van der Waals surface area contributed by atoms with Crippen molar-refractivity contribution in [3.63, 3.8) is 0 Å². The van der Waals surface area contributed by atoms with E-state index in [2.05, 4.69) is 10.1 Å². The first-order valence-corrected chi connectivity index (χ1v) is 9.83. The second kappa shape index (κ2) is 7.16. The van der Waals surface area contributed by atoms with Gasteiger partial charge in [0.25, 0.3) is 5.56 Å². The van der Waals surface area contributed by atoms with Crippen molar-refractivity contribution in [1.29, 1.82) is 0 Å². The van der Waals surface area contributed by atoms with Gasteiger partial charge in [-0.15, -0.1) is 11.3 Å². The molecule has 142 valence electrons. The van der Waals surface area contributed by atoms with Crippen LogP contribution in [0.3, 0.4) is 0 Å². The molecule has 0 saturated carbocycles. The lowest BCUT2D eigenvalue weighted by Gasteiger charge is -2.23. The fraction of sp³-hybridized carbons (Fsp3) is 0.238. The number of thiazole rings is 1. The van der Waals surface area contributed by atoms with Gasteiger partial charge in [0.2, 0.25) is 5.91 Å². The summed E-state index contributed by atoms with van der Waals surface area (Å²) in [4.78, 5) is 31.6. The highest BCUT2D eigenvalue weighted by Gasteiger charge is 2.22. The first kappa shape index (κ1) is 18.3. The normalized spacial score (nSPS) is 12.4. The van der Waals surface area contributed by atoms with E-state index in [9.17, 15) is 9.59 Å². The highest BCUT2D eigenvalue weighted by molar-refractivity contribution is 7.18. The predicted octanol–water partition coefficient (Wildman–Crippen LogP) is 3.31. The Hall–Kier alpha value is -3.06. The average Bonchev–Trinajstić information content (AvgIpc) is 3.15. The van der Waals surface area contributed by atoms with Gasteiger partial charge in [-0.2, -0.15) is 5.10 Å². The van der Waals surface area contributed by atoms with E-state index >= 15 is 0 Å². The van der Waals surface area contributed by atoms with Crippen LogP contribution < -0.4 is 5.56 Å². The highest BCUT2D eigenvalue weighted by atomic mass is 32.1. The summed E-state index contributed by atoms with van der Waals surface area (Å²) in [5.41, 5.74) is 1.38. The number of aromatic nitrogens is 3. The maximum absolute atomic E-state index is 13.0. The Labute approximate surface area is 166 Å². The minimum Gasteiger partial charge on any atom is -0.336 e. The summed E-state index contributed by atoms with van der Waals surface area (Å²) in [6, 6.07) is 15.1. The Morgan fingerprint density at radius 3 is 2.57 bits per heavy atom. The van der Waals surface area contributed by atoms with Gasteiger partial charge in [-0.1, -0.05) is 30.3 Å². The number of likely N-dealkylation sites (N-methyl/N-ethyl adjacent to an activating group) is 1. The van der Waals surface area contributed by atoms with Gasteiger partial charge in [0.1, 0.15) is 5.01 Å². The van der Waals surface area contributed by atoms with Crippen molar-refractivity contribution in [2.75, 3.05) is 7.05 Å². The van der Waals surface area contributed by atoms with Gasteiger partial charge in [-0.05, 0) is 25.1 Å². The monoisotopic (exact) mass is 392 g/mol. The molecule has 0 aliphatic heterocycles. The molecule has 28 heavy (non-hydrogen) atoms. The molecule has 1 amide bonds. The molecule has 4 rings (SSSR count). The van der Waals surface area contributed by atoms with E-state index in [0.717, 1.165) is 20.6 Å². The molecule has 2 heterocycles. The number of carbonyl (C=O) groups excluding carboxylic acids is 1. The van der Waals surface area contributed by atoms with Crippen molar-refractivity contribution in [3.8, 4) is 0 Å². The van der Waals surface area contributed by atoms with E-state index in [4.69, 9.17) is 0 Å². The van der Waals surface area contributed by atoms with Crippen molar-refractivity contribution in [1.82, 2.24) is 19.7 Å². The van der Waals surface area contributed by atoms with Crippen molar-refractivity contribution in [2.45, 2.75) is 19.4 Å². The maximum Gasteiger partial charge on any atom is 0.274 e. The van der Waals surface area contributed by atoms with Crippen LogP contribution in [0.15, 0.2) is 53.3 Å². The Kier molecular flexibility index (Phi) is 4.68. The van der Waals surface area contributed by atoms with Crippen LogP contribution in [0.25, 0.3) is 21.0 Å². The van der Waals surface area contributed by atoms with Crippen LogP contribution in [-0.2, 0) is 18.3 Å². The molecule has 2 aromatic heterocycles. The Morgan fingerprint density at radius 1 is 1.14 bits per heavy atom. The van der Waals surface area contributed by atoms with Crippen LogP contribution in [0.1, 0.15) is 23.7 Å².